The van der Waals surface area contributed by atoms with Crippen LogP contribution in [0.4, 0.5) is 15.9 Å². The van der Waals surface area contributed by atoms with Gasteiger partial charge in [0.1, 0.15) is 29.2 Å². The van der Waals surface area contributed by atoms with Gasteiger partial charge in [-0.25, -0.2) is 14.4 Å². The van der Waals surface area contributed by atoms with Crippen molar-refractivity contribution in [3.05, 3.63) is 83.1 Å². The van der Waals surface area contributed by atoms with Crippen molar-refractivity contribution >= 4 is 17.4 Å². The number of halogens is 1. The summed E-state index contributed by atoms with van der Waals surface area (Å²) in [5.74, 6) is -0.0424. The Morgan fingerprint density at radius 1 is 1.15 bits per heavy atom. The molecule has 0 saturated heterocycles. The molecule has 1 aromatic heterocycles. The third kappa shape index (κ3) is 4.44. The highest BCUT2D eigenvalue weighted by molar-refractivity contribution is 5.93. The Hall–Kier alpha value is -3.79. The lowest BCUT2D eigenvalue weighted by molar-refractivity contribution is 0.0945. The van der Waals surface area contributed by atoms with Crippen LogP contribution in [-0.4, -0.2) is 15.9 Å². The standard InChI is InChI=1S/C20H16FN5O/c1-13-24-18(20(27)23-12-15-7-2-4-8-16(15)21)10-19(25-13)26-17-9-5-3-6-14(17)11-22/h2-10H,12H2,1H3,(H,23,27)(H,24,25,26). The Morgan fingerprint density at radius 3 is 2.67 bits per heavy atom. The van der Waals surface area contributed by atoms with Crippen molar-refractivity contribution in [3.8, 4) is 6.07 Å². The molecule has 7 heteroatoms. The van der Waals surface area contributed by atoms with E-state index in [9.17, 15) is 14.4 Å². The van der Waals surface area contributed by atoms with E-state index in [1.54, 1.807) is 49.4 Å². The van der Waals surface area contributed by atoms with Gasteiger partial charge in [0.05, 0.1) is 11.3 Å². The predicted molar refractivity (Wildman–Crippen MR) is 98.8 cm³/mol. The van der Waals surface area contributed by atoms with E-state index in [2.05, 4.69) is 26.7 Å². The molecule has 6 nitrogen and oxygen atoms in total. The van der Waals surface area contributed by atoms with Crippen LogP contribution in [0.25, 0.3) is 0 Å². The third-order valence-corrected chi connectivity index (χ3v) is 3.78. The highest BCUT2D eigenvalue weighted by Crippen LogP contribution is 2.19. The van der Waals surface area contributed by atoms with Gasteiger partial charge in [0, 0.05) is 18.2 Å². The number of nitriles is 1. The SMILES string of the molecule is Cc1nc(Nc2ccccc2C#N)cc(C(=O)NCc2ccccc2F)n1. The highest BCUT2D eigenvalue weighted by Gasteiger charge is 2.12. The Bertz CT molecular complexity index is 1030. The number of carbonyl (C=O) groups excluding carboxylic acids is 1. The number of para-hydroxylation sites is 1. The molecule has 3 rings (SSSR count). The molecular formula is C20H16FN5O. The predicted octanol–water partition coefficient (Wildman–Crippen LogP) is 3.47. The summed E-state index contributed by atoms with van der Waals surface area (Å²) in [6.45, 7) is 1.71. The number of amides is 1. The van der Waals surface area contributed by atoms with E-state index >= 15 is 0 Å². The highest BCUT2D eigenvalue weighted by atomic mass is 19.1. The summed E-state index contributed by atoms with van der Waals surface area (Å²) in [7, 11) is 0. The molecule has 27 heavy (non-hydrogen) atoms. The second kappa shape index (κ2) is 8.06. The minimum atomic E-state index is -0.444. The number of aryl methyl sites for hydroxylation is 1. The quantitative estimate of drug-likeness (QED) is 0.726. The van der Waals surface area contributed by atoms with Crippen LogP contribution >= 0.6 is 0 Å². The molecule has 0 aliphatic heterocycles. The van der Waals surface area contributed by atoms with Gasteiger partial charge >= 0.3 is 0 Å². The van der Waals surface area contributed by atoms with Crippen molar-refractivity contribution in [2.75, 3.05) is 5.32 Å². The smallest absolute Gasteiger partial charge is 0.270 e. The Balaban J connectivity index is 1.77. The summed E-state index contributed by atoms with van der Waals surface area (Å²) >= 11 is 0. The minimum Gasteiger partial charge on any atom is -0.347 e. The maximum absolute atomic E-state index is 13.7. The molecule has 0 bridgehead atoms. The van der Waals surface area contributed by atoms with E-state index < -0.39 is 5.91 Å². The van der Waals surface area contributed by atoms with Crippen LogP contribution in [0.15, 0.2) is 54.6 Å². The van der Waals surface area contributed by atoms with Crippen LogP contribution in [0, 0.1) is 24.1 Å². The number of hydrogen-bond donors (Lipinski definition) is 2. The van der Waals surface area contributed by atoms with E-state index in [0.29, 0.717) is 28.5 Å². The zero-order valence-corrected chi connectivity index (χ0v) is 14.5. The van der Waals surface area contributed by atoms with E-state index in [-0.39, 0.29) is 18.1 Å². The van der Waals surface area contributed by atoms with Gasteiger partial charge in [0.25, 0.3) is 5.91 Å². The van der Waals surface area contributed by atoms with Crippen LogP contribution in [0.3, 0.4) is 0 Å². The van der Waals surface area contributed by atoms with E-state index in [0.717, 1.165) is 0 Å². The van der Waals surface area contributed by atoms with E-state index in [4.69, 9.17) is 0 Å². The molecule has 0 unspecified atom stereocenters. The molecule has 1 heterocycles. The first kappa shape index (κ1) is 18.0. The third-order valence-electron chi connectivity index (χ3n) is 3.78. The van der Waals surface area contributed by atoms with Crippen molar-refractivity contribution in [1.29, 1.82) is 5.26 Å². The summed E-state index contributed by atoms with van der Waals surface area (Å²) in [5.41, 5.74) is 1.57. The number of rotatable bonds is 5. The number of aromatic nitrogens is 2. The molecule has 0 atom stereocenters. The molecule has 2 N–H and O–H groups in total. The van der Waals surface area contributed by atoms with Gasteiger partial charge in [0.2, 0.25) is 0 Å². The summed E-state index contributed by atoms with van der Waals surface area (Å²) in [6.07, 6.45) is 0. The zero-order valence-electron chi connectivity index (χ0n) is 14.5. The summed E-state index contributed by atoms with van der Waals surface area (Å²) in [6, 6.07) is 16.8. The van der Waals surface area contributed by atoms with Crippen LogP contribution in [0.1, 0.15) is 27.4 Å². The van der Waals surface area contributed by atoms with E-state index in [1.165, 1.54) is 12.1 Å². The maximum Gasteiger partial charge on any atom is 0.270 e. The molecular weight excluding hydrogens is 345 g/mol. The van der Waals surface area contributed by atoms with Crippen molar-refractivity contribution in [2.24, 2.45) is 0 Å². The molecule has 0 spiro atoms. The maximum atomic E-state index is 13.7. The van der Waals surface area contributed by atoms with Crippen molar-refractivity contribution < 1.29 is 9.18 Å². The van der Waals surface area contributed by atoms with Gasteiger partial charge in [-0.1, -0.05) is 30.3 Å². The molecule has 2 aromatic carbocycles. The second-order valence-corrected chi connectivity index (χ2v) is 5.74. The van der Waals surface area contributed by atoms with E-state index in [1.807, 2.05) is 0 Å². The fourth-order valence-electron chi connectivity index (χ4n) is 2.48. The monoisotopic (exact) mass is 361 g/mol. The van der Waals surface area contributed by atoms with Crippen molar-refractivity contribution in [2.45, 2.75) is 13.5 Å². The molecule has 134 valence electrons. The molecule has 1 amide bonds. The first-order valence-electron chi connectivity index (χ1n) is 8.20. The Morgan fingerprint density at radius 2 is 1.89 bits per heavy atom. The molecule has 0 aliphatic carbocycles. The molecule has 3 aromatic rings. The lowest BCUT2D eigenvalue weighted by atomic mass is 10.2. The lowest BCUT2D eigenvalue weighted by Gasteiger charge is -2.10. The number of carbonyl (C=O) groups is 1. The van der Waals surface area contributed by atoms with Gasteiger partial charge in [-0.2, -0.15) is 5.26 Å². The number of nitrogens with one attached hydrogen (secondary N) is 2. The Kier molecular flexibility index (Phi) is 5.38. The Labute approximate surface area is 155 Å². The number of hydrogen-bond acceptors (Lipinski definition) is 5. The lowest BCUT2D eigenvalue weighted by Crippen LogP contribution is -2.25. The average Bonchev–Trinajstić information content (AvgIpc) is 2.67. The van der Waals surface area contributed by atoms with Gasteiger partial charge in [-0.3, -0.25) is 4.79 Å². The number of anilines is 2. The zero-order chi connectivity index (χ0) is 19.2. The van der Waals surface area contributed by atoms with Crippen molar-refractivity contribution in [1.82, 2.24) is 15.3 Å². The fourth-order valence-corrected chi connectivity index (χ4v) is 2.48. The number of benzene rings is 2. The topological polar surface area (TPSA) is 90.7 Å². The fraction of sp³-hybridized carbons (Fsp3) is 0.100. The van der Waals surface area contributed by atoms with Crippen LogP contribution in [0.5, 0.6) is 0 Å². The molecule has 0 saturated carbocycles. The van der Waals surface area contributed by atoms with Crippen LogP contribution < -0.4 is 10.6 Å². The molecule has 0 aliphatic rings. The first-order chi connectivity index (χ1) is 13.1. The van der Waals surface area contributed by atoms with Gasteiger partial charge in [-0.15, -0.1) is 0 Å². The largest absolute Gasteiger partial charge is 0.347 e. The van der Waals surface area contributed by atoms with Crippen molar-refractivity contribution in [3.63, 3.8) is 0 Å². The second-order valence-electron chi connectivity index (χ2n) is 5.74. The minimum absolute atomic E-state index is 0.0502. The molecule has 0 fully saturated rings. The number of nitrogens with zero attached hydrogens (tertiary/aromatic N) is 3. The van der Waals surface area contributed by atoms with Crippen LogP contribution in [-0.2, 0) is 6.54 Å². The van der Waals surface area contributed by atoms with Gasteiger partial charge in [0.15, 0.2) is 0 Å². The van der Waals surface area contributed by atoms with Gasteiger partial charge in [-0.05, 0) is 25.1 Å². The van der Waals surface area contributed by atoms with Crippen LogP contribution in [0.2, 0.25) is 0 Å². The average molecular weight is 361 g/mol. The first-order valence-corrected chi connectivity index (χ1v) is 8.20. The molecule has 0 radical (unpaired) electrons. The normalized spacial score (nSPS) is 10.1. The summed E-state index contributed by atoms with van der Waals surface area (Å²) in [4.78, 5) is 20.8. The van der Waals surface area contributed by atoms with Gasteiger partial charge < -0.3 is 10.6 Å². The summed E-state index contributed by atoms with van der Waals surface area (Å²) in [5, 5.41) is 14.9. The summed E-state index contributed by atoms with van der Waals surface area (Å²) < 4.78 is 13.7.